The van der Waals surface area contributed by atoms with Crippen LogP contribution < -0.4 is 11.1 Å². The molecule has 108 valence electrons. The standard InChI is InChI=1S/C18H20N2O/c1-12(13-7-3-2-4-8-13)18(21)20-16-11-14-9-5-6-10-15(14)17(16)19/h2-10,12,16-17H,11,19H2,1H3,(H,20,21)/t12-,16+,17+/m0/s1. The lowest BCUT2D eigenvalue weighted by molar-refractivity contribution is -0.123. The van der Waals surface area contributed by atoms with Crippen molar-refractivity contribution in [3.63, 3.8) is 0 Å². The molecule has 1 aliphatic rings. The average Bonchev–Trinajstić information content (AvgIpc) is 2.84. The third-order valence-electron chi connectivity index (χ3n) is 4.31. The number of benzene rings is 2. The normalized spacial score (nSPS) is 21.6. The summed E-state index contributed by atoms with van der Waals surface area (Å²) < 4.78 is 0. The molecule has 2 aromatic carbocycles. The SMILES string of the molecule is C[C@H](C(=O)N[C@@H]1Cc2ccccc2[C@H]1N)c1ccccc1. The fourth-order valence-electron chi connectivity index (χ4n) is 2.97. The summed E-state index contributed by atoms with van der Waals surface area (Å²) in [6.07, 6.45) is 0.810. The Morgan fingerprint density at radius 1 is 1.14 bits per heavy atom. The molecule has 0 fully saturated rings. The largest absolute Gasteiger partial charge is 0.351 e. The van der Waals surface area contributed by atoms with Gasteiger partial charge in [0.1, 0.15) is 0 Å². The molecule has 0 heterocycles. The minimum absolute atomic E-state index is 0.0129. The fourth-order valence-corrected chi connectivity index (χ4v) is 2.97. The van der Waals surface area contributed by atoms with Gasteiger partial charge in [-0.25, -0.2) is 0 Å². The molecule has 3 rings (SSSR count). The van der Waals surface area contributed by atoms with Crippen LogP contribution in [0, 0.1) is 0 Å². The van der Waals surface area contributed by atoms with E-state index in [0.717, 1.165) is 17.5 Å². The summed E-state index contributed by atoms with van der Waals surface area (Å²) in [7, 11) is 0. The van der Waals surface area contributed by atoms with Gasteiger partial charge in [-0.05, 0) is 30.0 Å². The Bertz CT molecular complexity index is 639. The minimum atomic E-state index is -0.165. The number of nitrogens with one attached hydrogen (secondary N) is 1. The Morgan fingerprint density at radius 2 is 1.81 bits per heavy atom. The van der Waals surface area contributed by atoms with Crippen molar-refractivity contribution in [1.82, 2.24) is 5.32 Å². The fraction of sp³-hybridized carbons (Fsp3) is 0.278. The molecule has 21 heavy (non-hydrogen) atoms. The van der Waals surface area contributed by atoms with Gasteiger partial charge in [-0.15, -0.1) is 0 Å². The molecule has 3 atom stereocenters. The lowest BCUT2D eigenvalue weighted by Gasteiger charge is -2.20. The summed E-state index contributed by atoms with van der Waals surface area (Å²) in [5, 5.41) is 3.11. The van der Waals surface area contributed by atoms with Gasteiger partial charge in [0, 0.05) is 0 Å². The van der Waals surface area contributed by atoms with E-state index in [0.29, 0.717) is 0 Å². The number of hydrogen-bond acceptors (Lipinski definition) is 2. The first-order valence-electron chi connectivity index (χ1n) is 7.35. The molecule has 0 unspecified atom stereocenters. The Morgan fingerprint density at radius 3 is 2.52 bits per heavy atom. The van der Waals surface area contributed by atoms with Gasteiger partial charge in [0.2, 0.25) is 5.91 Å². The maximum Gasteiger partial charge on any atom is 0.227 e. The molecule has 0 saturated carbocycles. The molecule has 0 aromatic heterocycles. The van der Waals surface area contributed by atoms with Crippen LogP contribution >= 0.6 is 0 Å². The van der Waals surface area contributed by atoms with Crippen molar-refractivity contribution in [2.24, 2.45) is 5.73 Å². The molecule has 3 N–H and O–H groups in total. The lowest BCUT2D eigenvalue weighted by atomic mass is 9.99. The van der Waals surface area contributed by atoms with Crippen LogP contribution in [0.3, 0.4) is 0 Å². The highest BCUT2D eigenvalue weighted by Gasteiger charge is 2.31. The van der Waals surface area contributed by atoms with E-state index in [1.165, 1.54) is 5.56 Å². The molecule has 0 bridgehead atoms. The van der Waals surface area contributed by atoms with Crippen LogP contribution in [0.4, 0.5) is 0 Å². The van der Waals surface area contributed by atoms with Gasteiger partial charge in [-0.1, -0.05) is 54.6 Å². The van der Waals surface area contributed by atoms with Crippen LogP contribution in [-0.2, 0) is 11.2 Å². The van der Waals surface area contributed by atoms with Crippen molar-refractivity contribution >= 4 is 5.91 Å². The quantitative estimate of drug-likeness (QED) is 0.907. The first-order chi connectivity index (χ1) is 10.2. The highest BCUT2D eigenvalue weighted by atomic mass is 16.1. The first kappa shape index (κ1) is 13.8. The van der Waals surface area contributed by atoms with Gasteiger partial charge in [0.05, 0.1) is 18.0 Å². The van der Waals surface area contributed by atoms with Crippen molar-refractivity contribution in [2.45, 2.75) is 31.3 Å². The average molecular weight is 280 g/mol. The van der Waals surface area contributed by atoms with E-state index < -0.39 is 0 Å². The molecule has 1 amide bonds. The predicted octanol–water partition coefficient (Wildman–Crippen LogP) is 2.53. The highest BCUT2D eigenvalue weighted by molar-refractivity contribution is 5.83. The molecule has 0 radical (unpaired) electrons. The minimum Gasteiger partial charge on any atom is -0.351 e. The topological polar surface area (TPSA) is 55.1 Å². The molecular formula is C18H20N2O. The summed E-state index contributed by atoms with van der Waals surface area (Å²) >= 11 is 0. The summed E-state index contributed by atoms with van der Waals surface area (Å²) in [6, 6.07) is 17.8. The van der Waals surface area contributed by atoms with E-state index in [2.05, 4.69) is 11.4 Å². The zero-order valence-electron chi connectivity index (χ0n) is 12.1. The van der Waals surface area contributed by atoms with Gasteiger partial charge in [0.15, 0.2) is 0 Å². The van der Waals surface area contributed by atoms with Crippen LogP contribution in [0.25, 0.3) is 0 Å². The molecule has 2 aromatic rings. The van der Waals surface area contributed by atoms with E-state index in [-0.39, 0.29) is 23.9 Å². The summed E-state index contributed by atoms with van der Waals surface area (Å²) in [6.45, 7) is 1.93. The number of rotatable bonds is 3. The number of nitrogens with two attached hydrogens (primary N) is 1. The molecule has 0 spiro atoms. The second-order valence-electron chi connectivity index (χ2n) is 5.68. The Kier molecular flexibility index (Phi) is 3.76. The zero-order valence-corrected chi connectivity index (χ0v) is 12.1. The van der Waals surface area contributed by atoms with E-state index in [1.54, 1.807) is 0 Å². The van der Waals surface area contributed by atoms with E-state index >= 15 is 0 Å². The molecule has 1 aliphatic carbocycles. The third-order valence-corrected chi connectivity index (χ3v) is 4.31. The molecule has 0 saturated heterocycles. The second kappa shape index (κ2) is 5.70. The van der Waals surface area contributed by atoms with Crippen LogP contribution in [0.5, 0.6) is 0 Å². The Balaban J connectivity index is 1.70. The van der Waals surface area contributed by atoms with Crippen molar-refractivity contribution in [1.29, 1.82) is 0 Å². The van der Waals surface area contributed by atoms with Crippen molar-refractivity contribution in [2.75, 3.05) is 0 Å². The van der Waals surface area contributed by atoms with Gasteiger partial charge < -0.3 is 11.1 Å². The first-order valence-corrected chi connectivity index (χ1v) is 7.35. The monoisotopic (exact) mass is 280 g/mol. The smallest absolute Gasteiger partial charge is 0.227 e. The van der Waals surface area contributed by atoms with Gasteiger partial charge in [-0.3, -0.25) is 4.79 Å². The zero-order chi connectivity index (χ0) is 14.8. The lowest BCUT2D eigenvalue weighted by Crippen LogP contribution is -2.42. The third kappa shape index (κ3) is 2.69. The van der Waals surface area contributed by atoms with E-state index in [4.69, 9.17) is 5.73 Å². The van der Waals surface area contributed by atoms with E-state index in [1.807, 2.05) is 55.5 Å². The number of carbonyl (C=O) groups excluding carboxylic acids is 1. The maximum absolute atomic E-state index is 12.4. The van der Waals surface area contributed by atoms with Crippen molar-refractivity contribution in [3.8, 4) is 0 Å². The predicted molar refractivity (Wildman–Crippen MR) is 83.9 cm³/mol. The van der Waals surface area contributed by atoms with Crippen molar-refractivity contribution < 1.29 is 4.79 Å². The van der Waals surface area contributed by atoms with Crippen LogP contribution in [0.2, 0.25) is 0 Å². The summed E-state index contributed by atoms with van der Waals surface area (Å²) in [5.41, 5.74) is 9.68. The Hall–Kier alpha value is -2.13. The van der Waals surface area contributed by atoms with Crippen LogP contribution in [0.15, 0.2) is 54.6 Å². The number of carbonyl (C=O) groups is 1. The Labute approximate surface area is 125 Å². The summed E-state index contributed by atoms with van der Waals surface area (Å²) in [4.78, 5) is 12.4. The second-order valence-corrected chi connectivity index (χ2v) is 5.68. The number of amides is 1. The summed E-state index contributed by atoms with van der Waals surface area (Å²) in [5.74, 6) is -0.128. The molecular weight excluding hydrogens is 260 g/mol. The van der Waals surface area contributed by atoms with E-state index in [9.17, 15) is 4.79 Å². The molecule has 0 aliphatic heterocycles. The van der Waals surface area contributed by atoms with Gasteiger partial charge >= 0.3 is 0 Å². The molecule has 3 nitrogen and oxygen atoms in total. The van der Waals surface area contributed by atoms with Crippen LogP contribution in [0.1, 0.15) is 35.6 Å². The van der Waals surface area contributed by atoms with Gasteiger partial charge in [-0.2, -0.15) is 0 Å². The van der Waals surface area contributed by atoms with Crippen LogP contribution in [-0.4, -0.2) is 11.9 Å². The maximum atomic E-state index is 12.4. The highest BCUT2D eigenvalue weighted by Crippen LogP contribution is 2.29. The van der Waals surface area contributed by atoms with Gasteiger partial charge in [0.25, 0.3) is 0 Å². The number of fused-ring (bicyclic) bond motifs is 1. The van der Waals surface area contributed by atoms with Crippen molar-refractivity contribution in [3.05, 3.63) is 71.3 Å². The number of hydrogen-bond donors (Lipinski definition) is 2. The molecule has 3 heteroatoms.